The largest absolute Gasteiger partial charge is 0.475 e. The van der Waals surface area contributed by atoms with Gasteiger partial charge in [-0.2, -0.15) is 13.2 Å². The van der Waals surface area contributed by atoms with E-state index in [1.165, 1.54) is 4.90 Å². The van der Waals surface area contributed by atoms with Crippen LogP contribution < -0.4 is 15.0 Å². The first-order chi connectivity index (χ1) is 22.7. The SMILES string of the molecule is Cc1ccc(NC(=O)N2CC[C@@H](CC(F)(F)F)C2)cc1-c1cnc(OCCN2CCN(C(=O)OC(C)(C)C)CC2)c(N2CCOCC2)c1. The van der Waals surface area contributed by atoms with Crippen LogP contribution in [0.2, 0.25) is 0 Å². The van der Waals surface area contributed by atoms with Crippen molar-refractivity contribution in [1.82, 2.24) is 19.7 Å². The lowest BCUT2D eigenvalue weighted by Gasteiger charge is -2.35. The minimum absolute atomic E-state index is 0.0840. The van der Waals surface area contributed by atoms with Crippen molar-refractivity contribution in [3.05, 3.63) is 36.0 Å². The number of carbonyl (C=O) groups excluding carboxylic acids is 2. The number of carbonyl (C=O) groups is 2. The lowest BCUT2D eigenvalue weighted by Crippen LogP contribution is -2.50. The summed E-state index contributed by atoms with van der Waals surface area (Å²) in [6, 6.07) is 7.21. The normalized spacial score (nSPS) is 19.4. The molecule has 4 heterocycles. The van der Waals surface area contributed by atoms with Gasteiger partial charge in [-0.1, -0.05) is 6.07 Å². The molecule has 0 radical (unpaired) electrons. The molecule has 3 saturated heterocycles. The van der Waals surface area contributed by atoms with Crippen LogP contribution in [-0.4, -0.2) is 122 Å². The number of aromatic nitrogens is 1. The van der Waals surface area contributed by atoms with Gasteiger partial charge in [0.2, 0.25) is 5.88 Å². The second-order valence-electron chi connectivity index (χ2n) is 13.7. The van der Waals surface area contributed by atoms with Crippen LogP contribution in [0.4, 0.5) is 34.1 Å². The summed E-state index contributed by atoms with van der Waals surface area (Å²) in [5.74, 6) is -0.0540. The van der Waals surface area contributed by atoms with E-state index in [4.69, 9.17) is 19.2 Å². The second kappa shape index (κ2) is 15.2. The fourth-order valence-electron chi connectivity index (χ4n) is 6.21. The van der Waals surface area contributed by atoms with E-state index in [-0.39, 0.29) is 12.6 Å². The molecule has 0 spiro atoms. The first-order valence-corrected chi connectivity index (χ1v) is 16.6. The van der Waals surface area contributed by atoms with E-state index >= 15 is 0 Å². The number of ether oxygens (including phenoxy) is 3. The zero-order chi connectivity index (χ0) is 34.5. The Morgan fingerprint density at radius 2 is 1.73 bits per heavy atom. The first kappa shape index (κ1) is 35.5. The number of pyridine rings is 1. The molecule has 3 aliphatic rings. The van der Waals surface area contributed by atoms with Gasteiger partial charge in [-0.25, -0.2) is 14.6 Å². The number of piperazine rings is 1. The predicted octanol–water partition coefficient (Wildman–Crippen LogP) is 5.63. The Morgan fingerprint density at radius 1 is 1.00 bits per heavy atom. The van der Waals surface area contributed by atoms with Crippen LogP contribution >= 0.6 is 0 Å². The Labute approximate surface area is 280 Å². The molecule has 3 amide bonds. The highest BCUT2D eigenvalue weighted by atomic mass is 19.4. The van der Waals surface area contributed by atoms with Gasteiger partial charge in [0.25, 0.3) is 0 Å². The van der Waals surface area contributed by atoms with Gasteiger partial charge in [0, 0.05) is 82.8 Å². The van der Waals surface area contributed by atoms with Crippen molar-refractivity contribution in [3.8, 4) is 17.0 Å². The number of likely N-dealkylation sites (tertiary alicyclic amines) is 1. The summed E-state index contributed by atoms with van der Waals surface area (Å²) in [5, 5.41) is 2.87. The zero-order valence-electron chi connectivity index (χ0n) is 28.3. The number of rotatable bonds is 8. The van der Waals surface area contributed by atoms with Gasteiger partial charge in [0.05, 0.1) is 13.2 Å². The number of halogens is 3. The molecule has 5 rings (SSSR count). The highest BCUT2D eigenvalue weighted by Gasteiger charge is 2.36. The Morgan fingerprint density at radius 3 is 2.42 bits per heavy atom. The number of hydrogen-bond donors (Lipinski definition) is 1. The van der Waals surface area contributed by atoms with Crippen LogP contribution in [0.1, 0.15) is 39.2 Å². The number of morpholine rings is 1. The van der Waals surface area contributed by atoms with Gasteiger partial charge in [-0.3, -0.25) is 4.90 Å². The van der Waals surface area contributed by atoms with Crippen LogP contribution in [0.5, 0.6) is 5.88 Å². The molecule has 1 N–H and O–H groups in total. The smallest absolute Gasteiger partial charge is 0.410 e. The van der Waals surface area contributed by atoms with Crippen molar-refractivity contribution in [3.63, 3.8) is 0 Å². The van der Waals surface area contributed by atoms with Crippen LogP contribution in [0, 0.1) is 12.8 Å². The summed E-state index contributed by atoms with van der Waals surface area (Å²) in [6.07, 6.45) is -3.31. The second-order valence-corrected chi connectivity index (χ2v) is 13.7. The molecule has 0 bridgehead atoms. The minimum Gasteiger partial charge on any atom is -0.475 e. The van der Waals surface area contributed by atoms with Crippen LogP contribution in [-0.2, 0) is 9.47 Å². The van der Waals surface area contributed by atoms with E-state index in [1.54, 1.807) is 17.2 Å². The highest BCUT2D eigenvalue weighted by Crippen LogP contribution is 2.35. The molecule has 14 heteroatoms. The van der Waals surface area contributed by atoms with Gasteiger partial charge in [-0.15, -0.1) is 0 Å². The molecule has 11 nitrogen and oxygen atoms in total. The zero-order valence-corrected chi connectivity index (χ0v) is 28.3. The van der Waals surface area contributed by atoms with Crippen molar-refractivity contribution >= 4 is 23.5 Å². The molecule has 0 saturated carbocycles. The lowest BCUT2D eigenvalue weighted by atomic mass is 10.0. The van der Waals surface area contributed by atoms with Gasteiger partial charge >= 0.3 is 18.3 Å². The number of urea groups is 1. The quantitative estimate of drug-likeness (QED) is 0.384. The Balaban J connectivity index is 1.23. The Kier molecular flexibility index (Phi) is 11.2. The summed E-state index contributed by atoms with van der Waals surface area (Å²) in [4.78, 5) is 37.7. The van der Waals surface area contributed by atoms with Crippen LogP contribution in [0.15, 0.2) is 30.5 Å². The maximum Gasteiger partial charge on any atom is 0.410 e. The molecule has 3 fully saturated rings. The average Bonchev–Trinajstić information content (AvgIpc) is 3.49. The summed E-state index contributed by atoms with van der Waals surface area (Å²) < 4.78 is 55.9. The molecule has 0 aliphatic carbocycles. The Bertz CT molecular complexity index is 1420. The number of nitrogens with zero attached hydrogens (tertiary/aromatic N) is 5. The van der Waals surface area contributed by atoms with E-state index in [1.807, 2.05) is 45.9 Å². The topological polar surface area (TPSA) is 99.7 Å². The first-order valence-electron chi connectivity index (χ1n) is 16.6. The molecule has 264 valence electrons. The maximum absolute atomic E-state index is 12.9. The molecule has 1 atom stereocenters. The van der Waals surface area contributed by atoms with Crippen molar-refractivity contribution in [2.45, 2.75) is 52.3 Å². The number of alkyl halides is 3. The molecule has 2 aromatic rings. The van der Waals surface area contributed by atoms with E-state index in [9.17, 15) is 22.8 Å². The van der Waals surface area contributed by atoms with E-state index in [0.29, 0.717) is 77.1 Å². The van der Waals surface area contributed by atoms with Crippen molar-refractivity contribution in [2.75, 3.05) is 88.9 Å². The minimum atomic E-state index is -4.24. The number of hydrogen-bond acceptors (Lipinski definition) is 8. The van der Waals surface area contributed by atoms with Crippen molar-refractivity contribution in [1.29, 1.82) is 0 Å². The molecule has 48 heavy (non-hydrogen) atoms. The number of amides is 3. The average molecular weight is 677 g/mol. The van der Waals surface area contributed by atoms with Crippen LogP contribution in [0.25, 0.3) is 11.1 Å². The lowest BCUT2D eigenvalue weighted by molar-refractivity contribution is -0.143. The number of anilines is 2. The summed E-state index contributed by atoms with van der Waals surface area (Å²) in [5.41, 5.74) is 3.59. The van der Waals surface area contributed by atoms with Gasteiger partial charge in [-0.05, 0) is 69.4 Å². The number of nitrogens with one attached hydrogen (secondary N) is 1. The molecule has 0 unspecified atom stereocenters. The Hall–Kier alpha value is -3.78. The summed E-state index contributed by atoms with van der Waals surface area (Å²) >= 11 is 0. The van der Waals surface area contributed by atoms with E-state index in [0.717, 1.165) is 35.5 Å². The van der Waals surface area contributed by atoms with E-state index in [2.05, 4.69) is 15.1 Å². The predicted molar refractivity (Wildman–Crippen MR) is 177 cm³/mol. The third-order valence-electron chi connectivity index (χ3n) is 8.75. The fraction of sp³-hybridized carbons (Fsp3) is 0.618. The highest BCUT2D eigenvalue weighted by molar-refractivity contribution is 5.90. The molecular weight excluding hydrogens is 629 g/mol. The molecular formula is C34H47F3N6O5. The maximum atomic E-state index is 12.9. The summed E-state index contributed by atoms with van der Waals surface area (Å²) in [6.45, 7) is 14.2. The molecule has 3 aliphatic heterocycles. The number of aryl methyl sites for hydroxylation is 1. The fourth-order valence-corrected chi connectivity index (χ4v) is 6.21. The van der Waals surface area contributed by atoms with Crippen molar-refractivity contribution < 1.29 is 37.0 Å². The van der Waals surface area contributed by atoms with Gasteiger partial charge in [0.1, 0.15) is 17.9 Å². The van der Waals surface area contributed by atoms with Crippen molar-refractivity contribution in [2.24, 2.45) is 5.92 Å². The molecule has 1 aromatic carbocycles. The van der Waals surface area contributed by atoms with Gasteiger partial charge in [0.15, 0.2) is 0 Å². The summed E-state index contributed by atoms with van der Waals surface area (Å²) in [7, 11) is 0. The molecule has 1 aromatic heterocycles. The number of benzene rings is 1. The van der Waals surface area contributed by atoms with Gasteiger partial charge < -0.3 is 34.2 Å². The van der Waals surface area contributed by atoms with Crippen LogP contribution in [0.3, 0.4) is 0 Å². The third kappa shape index (κ3) is 9.88. The van der Waals surface area contributed by atoms with E-state index < -0.39 is 30.1 Å². The monoisotopic (exact) mass is 676 g/mol. The standard InChI is InChI=1S/C34H47F3N6O5/c1-24-5-6-27(39-31(44)43-8-7-25(23-43)21-34(35,36)37)20-28(24)26-19-29(41-14-16-46-17-15-41)30(38-22-26)47-18-13-40-9-11-42(12-10-40)32(45)48-33(2,3)4/h5-6,19-20,22,25H,7-18,21,23H2,1-4H3,(H,39,44)/t25-/m0/s1. The third-order valence-corrected chi connectivity index (χ3v) is 8.75.